The Balaban J connectivity index is 1.39. The smallest absolute Gasteiger partial charge is 0.407 e. The Labute approximate surface area is 209 Å². The number of nitrogens with zero attached hydrogens (tertiary/aromatic N) is 2. The van der Waals surface area contributed by atoms with Crippen LogP contribution in [0.5, 0.6) is 5.75 Å². The third-order valence-corrected chi connectivity index (χ3v) is 7.80. The topological polar surface area (TPSA) is 83.9 Å². The molecule has 0 spiro atoms. The molecular formula is C28H41N3O4. The average molecular weight is 484 g/mol. The van der Waals surface area contributed by atoms with Crippen molar-refractivity contribution in [3.63, 3.8) is 0 Å². The maximum Gasteiger partial charge on any atom is 0.407 e. The number of pyridine rings is 1. The summed E-state index contributed by atoms with van der Waals surface area (Å²) in [6.07, 6.45) is 9.86. The highest BCUT2D eigenvalue weighted by Crippen LogP contribution is 2.36. The van der Waals surface area contributed by atoms with Gasteiger partial charge in [-0.25, -0.2) is 4.79 Å². The van der Waals surface area contributed by atoms with Gasteiger partial charge in [0.2, 0.25) is 0 Å². The third-order valence-electron chi connectivity index (χ3n) is 7.80. The Morgan fingerprint density at radius 3 is 2.89 bits per heavy atom. The van der Waals surface area contributed by atoms with Crippen LogP contribution in [0.3, 0.4) is 0 Å². The van der Waals surface area contributed by atoms with Gasteiger partial charge in [0, 0.05) is 24.0 Å². The number of unbranched alkanes of at least 4 members (excludes halogenated alkanes) is 4. The number of carbonyl (C=O) groups is 1. The van der Waals surface area contributed by atoms with Gasteiger partial charge in [0.25, 0.3) is 0 Å². The summed E-state index contributed by atoms with van der Waals surface area (Å²) in [7, 11) is 1.65. The van der Waals surface area contributed by atoms with Crippen LogP contribution in [0.25, 0.3) is 10.9 Å². The van der Waals surface area contributed by atoms with E-state index in [0.717, 1.165) is 54.7 Å². The fraction of sp³-hybridized carbons (Fsp3) is 0.643. The fourth-order valence-corrected chi connectivity index (χ4v) is 5.76. The number of aliphatic hydroxyl groups is 1. The molecule has 1 amide bonds. The summed E-state index contributed by atoms with van der Waals surface area (Å²) in [6, 6.07) is 7.69. The quantitative estimate of drug-likeness (QED) is 0.410. The summed E-state index contributed by atoms with van der Waals surface area (Å²) >= 11 is 0. The van der Waals surface area contributed by atoms with E-state index in [0.29, 0.717) is 24.8 Å². The summed E-state index contributed by atoms with van der Waals surface area (Å²) in [5, 5.41) is 14.9. The first kappa shape index (κ1) is 25.7. The van der Waals surface area contributed by atoms with Crippen molar-refractivity contribution in [2.75, 3.05) is 33.3 Å². The first-order chi connectivity index (χ1) is 17.1. The number of benzene rings is 1. The molecule has 2 unspecified atom stereocenters. The minimum Gasteiger partial charge on any atom is -0.497 e. The molecule has 4 atom stereocenters. The Morgan fingerprint density at radius 1 is 1.26 bits per heavy atom. The van der Waals surface area contributed by atoms with E-state index in [1.54, 1.807) is 13.3 Å². The predicted molar refractivity (Wildman–Crippen MR) is 138 cm³/mol. The van der Waals surface area contributed by atoms with Crippen LogP contribution in [0.1, 0.15) is 70.0 Å². The first-order valence-corrected chi connectivity index (χ1v) is 13.4. The zero-order valence-electron chi connectivity index (χ0n) is 21.2. The van der Waals surface area contributed by atoms with Crippen LogP contribution in [0.4, 0.5) is 4.79 Å². The van der Waals surface area contributed by atoms with Gasteiger partial charge in [-0.15, -0.1) is 0 Å². The average Bonchev–Trinajstić information content (AvgIpc) is 3.32. The number of alkyl carbamates (subject to hydrolysis) is 1. The number of aromatic nitrogens is 1. The zero-order chi connectivity index (χ0) is 24.6. The highest BCUT2D eigenvalue weighted by molar-refractivity contribution is 5.83. The van der Waals surface area contributed by atoms with E-state index in [2.05, 4.69) is 22.1 Å². The Morgan fingerprint density at radius 2 is 2.11 bits per heavy atom. The Kier molecular flexibility index (Phi) is 9.21. The summed E-state index contributed by atoms with van der Waals surface area (Å²) in [4.78, 5) is 18.8. The van der Waals surface area contributed by atoms with Crippen LogP contribution in [-0.4, -0.2) is 60.5 Å². The molecule has 2 fully saturated rings. The number of fused-ring (bicyclic) bond motifs is 1. The van der Waals surface area contributed by atoms with E-state index in [9.17, 15) is 9.90 Å². The SMILES string of the molecule is CCCCCCCN1CC[C@@H](CCC(O)c2ccnc3ccc(OC)cc23)[C@@H](C2CNC(=O)O2)C1. The van der Waals surface area contributed by atoms with Crippen molar-refractivity contribution in [1.82, 2.24) is 15.2 Å². The molecule has 1 aromatic heterocycles. The van der Waals surface area contributed by atoms with Gasteiger partial charge in [0.05, 0.1) is 25.3 Å². The van der Waals surface area contributed by atoms with Gasteiger partial charge in [-0.2, -0.15) is 0 Å². The van der Waals surface area contributed by atoms with Crippen LogP contribution in [0.2, 0.25) is 0 Å². The van der Waals surface area contributed by atoms with E-state index in [1.165, 1.54) is 32.1 Å². The number of likely N-dealkylation sites (tertiary alicyclic amines) is 1. The second-order valence-electron chi connectivity index (χ2n) is 10.1. The number of cyclic esters (lactones) is 1. The number of hydrogen-bond donors (Lipinski definition) is 2. The van der Waals surface area contributed by atoms with Crippen molar-refractivity contribution in [2.24, 2.45) is 11.8 Å². The second kappa shape index (κ2) is 12.5. The summed E-state index contributed by atoms with van der Waals surface area (Å²) in [6.45, 7) is 5.99. The van der Waals surface area contributed by atoms with Crippen LogP contribution >= 0.6 is 0 Å². The van der Waals surface area contributed by atoms with Crippen molar-refractivity contribution in [3.05, 3.63) is 36.0 Å². The molecule has 2 aliphatic heterocycles. The molecule has 0 radical (unpaired) electrons. The minimum absolute atomic E-state index is 0.0847. The van der Waals surface area contributed by atoms with E-state index >= 15 is 0 Å². The number of rotatable bonds is 12. The molecule has 2 saturated heterocycles. The monoisotopic (exact) mass is 483 g/mol. The van der Waals surface area contributed by atoms with Gasteiger partial charge < -0.3 is 24.8 Å². The Bertz CT molecular complexity index is 968. The van der Waals surface area contributed by atoms with Gasteiger partial charge >= 0.3 is 6.09 Å². The van der Waals surface area contributed by atoms with Crippen LogP contribution < -0.4 is 10.1 Å². The standard InChI is InChI=1S/C28H41N3O4/c1-3-4-5-6-7-15-31-16-13-20(24(19-31)27-18-30-28(33)35-27)8-11-26(32)22-12-14-29-25-10-9-21(34-2)17-23(22)25/h9-10,12,14,17,20,24,26-27,32H,3-8,11,13,15-16,18-19H2,1-2H3,(H,30,33)/t20-,24+,26?,27?/m1/s1. The number of carbonyl (C=O) groups excluding carboxylic acids is 1. The first-order valence-electron chi connectivity index (χ1n) is 13.4. The lowest BCUT2D eigenvalue weighted by Gasteiger charge is -2.40. The van der Waals surface area contributed by atoms with Gasteiger partial charge in [-0.1, -0.05) is 32.6 Å². The molecule has 2 N–H and O–H groups in total. The molecular weight excluding hydrogens is 442 g/mol. The molecule has 0 bridgehead atoms. The molecule has 7 heteroatoms. The summed E-state index contributed by atoms with van der Waals surface area (Å²) < 4.78 is 11.0. The van der Waals surface area contributed by atoms with Gasteiger partial charge in [0.15, 0.2) is 0 Å². The molecule has 0 aliphatic carbocycles. The summed E-state index contributed by atoms with van der Waals surface area (Å²) in [5.74, 6) is 1.47. The largest absolute Gasteiger partial charge is 0.497 e. The van der Waals surface area contributed by atoms with Crippen molar-refractivity contribution in [1.29, 1.82) is 0 Å². The van der Waals surface area contributed by atoms with Crippen LogP contribution in [0.15, 0.2) is 30.5 Å². The van der Waals surface area contributed by atoms with E-state index < -0.39 is 6.10 Å². The third kappa shape index (κ3) is 6.64. The van der Waals surface area contributed by atoms with Gasteiger partial charge in [0.1, 0.15) is 11.9 Å². The number of hydrogen-bond acceptors (Lipinski definition) is 6. The molecule has 3 heterocycles. The molecule has 2 aromatic rings. The highest BCUT2D eigenvalue weighted by Gasteiger charge is 2.39. The van der Waals surface area contributed by atoms with Crippen molar-refractivity contribution in [2.45, 2.75) is 70.5 Å². The van der Waals surface area contributed by atoms with E-state index in [4.69, 9.17) is 9.47 Å². The minimum atomic E-state index is -0.575. The van der Waals surface area contributed by atoms with Crippen molar-refractivity contribution < 1.29 is 19.4 Å². The lowest BCUT2D eigenvalue weighted by atomic mass is 9.78. The Hall–Kier alpha value is -2.38. The normalized spacial score (nSPS) is 23.7. The molecule has 1 aromatic carbocycles. The predicted octanol–water partition coefficient (Wildman–Crippen LogP) is 5.07. The number of nitrogens with one attached hydrogen (secondary N) is 1. The number of aliphatic hydroxyl groups excluding tert-OH is 1. The van der Waals surface area contributed by atoms with Crippen LogP contribution in [-0.2, 0) is 4.74 Å². The zero-order valence-corrected chi connectivity index (χ0v) is 21.2. The second-order valence-corrected chi connectivity index (χ2v) is 10.1. The molecule has 0 saturated carbocycles. The molecule has 192 valence electrons. The summed E-state index contributed by atoms with van der Waals surface area (Å²) in [5.41, 5.74) is 1.75. The molecule has 2 aliphatic rings. The number of amides is 1. The lowest BCUT2D eigenvalue weighted by Crippen LogP contribution is -2.46. The van der Waals surface area contributed by atoms with Gasteiger partial charge in [-0.3, -0.25) is 4.98 Å². The van der Waals surface area contributed by atoms with E-state index in [-0.39, 0.29) is 12.2 Å². The number of piperidine rings is 1. The van der Waals surface area contributed by atoms with E-state index in [1.807, 2.05) is 24.3 Å². The number of ether oxygens (including phenoxy) is 2. The lowest BCUT2D eigenvalue weighted by molar-refractivity contribution is 0.0161. The molecule has 7 nitrogen and oxygen atoms in total. The highest BCUT2D eigenvalue weighted by atomic mass is 16.6. The van der Waals surface area contributed by atoms with Crippen molar-refractivity contribution >= 4 is 17.0 Å². The van der Waals surface area contributed by atoms with Crippen LogP contribution in [0, 0.1) is 11.8 Å². The van der Waals surface area contributed by atoms with Gasteiger partial charge in [-0.05, 0) is 74.5 Å². The number of methoxy groups -OCH3 is 1. The molecule has 4 rings (SSSR count). The maximum absolute atomic E-state index is 11.8. The fourth-order valence-electron chi connectivity index (χ4n) is 5.76. The van der Waals surface area contributed by atoms with Crippen molar-refractivity contribution in [3.8, 4) is 5.75 Å². The molecule has 35 heavy (non-hydrogen) atoms. The maximum atomic E-state index is 11.8.